The normalized spacial score (nSPS) is 14.0. The maximum atomic E-state index is 12.1. The molecule has 1 aromatic heterocycles. The molecule has 0 saturated heterocycles. The summed E-state index contributed by atoms with van der Waals surface area (Å²) >= 11 is 0. The Morgan fingerprint density at radius 2 is 1.95 bits per heavy atom. The van der Waals surface area contributed by atoms with Crippen molar-refractivity contribution in [3.05, 3.63) is 47.5 Å². The Kier molecular flexibility index (Phi) is 2.89. The third-order valence-electron chi connectivity index (χ3n) is 3.54. The number of hydrogen-bond donors (Lipinski definition) is 0. The van der Waals surface area contributed by atoms with E-state index in [2.05, 4.69) is 4.98 Å². The fraction of sp³-hybridized carbons (Fsp3) is 0.267. The van der Waals surface area contributed by atoms with Crippen molar-refractivity contribution in [2.75, 3.05) is 11.4 Å². The number of Topliss-reactive ketones (excluding diaryl/α,β-unsaturated/α-hetero) is 1. The molecular weight excluding hydrogens is 254 g/mol. The zero-order chi connectivity index (χ0) is 14.3. The first-order chi connectivity index (χ1) is 9.58. The molecule has 0 N–H and O–H groups in total. The molecule has 102 valence electrons. The minimum absolute atomic E-state index is 0.405. The van der Waals surface area contributed by atoms with Crippen LogP contribution in [0.15, 0.2) is 30.9 Å². The summed E-state index contributed by atoms with van der Waals surface area (Å²) in [6.45, 7) is 4.95. The number of nitrogens with zero attached hydrogens (tertiary/aromatic N) is 3. The number of benzene rings is 1. The lowest BCUT2D eigenvalue weighted by atomic mass is 10.0. The lowest BCUT2D eigenvalue weighted by Crippen LogP contribution is -2.32. The predicted octanol–water partition coefficient (Wildman–Crippen LogP) is 1.73. The summed E-state index contributed by atoms with van der Waals surface area (Å²) in [6, 6.07) is 3.79. The Bertz CT molecular complexity index is 689. The van der Waals surface area contributed by atoms with Gasteiger partial charge < -0.3 is 9.47 Å². The number of aromatic nitrogens is 2. The molecule has 0 bridgehead atoms. The lowest BCUT2D eigenvalue weighted by molar-refractivity contribution is -0.114. The van der Waals surface area contributed by atoms with Gasteiger partial charge in [-0.15, -0.1) is 0 Å². The number of anilines is 1. The molecule has 0 spiro atoms. The van der Waals surface area contributed by atoms with Gasteiger partial charge in [0.1, 0.15) is 0 Å². The van der Waals surface area contributed by atoms with Crippen LogP contribution in [0.4, 0.5) is 5.69 Å². The van der Waals surface area contributed by atoms with Crippen LogP contribution in [-0.4, -0.2) is 27.8 Å². The zero-order valence-corrected chi connectivity index (χ0v) is 11.5. The van der Waals surface area contributed by atoms with Crippen molar-refractivity contribution in [1.29, 1.82) is 0 Å². The number of imidazole rings is 1. The Morgan fingerprint density at radius 1 is 1.15 bits per heavy atom. The molecule has 0 atom stereocenters. The summed E-state index contributed by atoms with van der Waals surface area (Å²) in [5.74, 6) is -0.841. The average Bonchev–Trinajstić information content (AvgIpc) is 2.98. The van der Waals surface area contributed by atoms with Crippen LogP contribution in [0, 0.1) is 13.8 Å². The Hall–Kier alpha value is -2.43. The molecule has 0 aliphatic carbocycles. The molecule has 1 aliphatic heterocycles. The molecule has 1 aromatic carbocycles. The quantitative estimate of drug-likeness (QED) is 0.797. The van der Waals surface area contributed by atoms with Gasteiger partial charge in [0.15, 0.2) is 0 Å². The van der Waals surface area contributed by atoms with Crippen molar-refractivity contribution in [2.45, 2.75) is 20.4 Å². The van der Waals surface area contributed by atoms with Crippen molar-refractivity contribution in [1.82, 2.24) is 9.55 Å². The van der Waals surface area contributed by atoms with Crippen LogP contribution in [0.3, 0.4) is 0 Å². The van der Waals surface area contributed by atoms with Crippen molar-refractivity contribution < 1.29 is 9.59 Å². The van der Waals surface area contributed by atoms with Crippen LogP contribution >= 0.6 is 0 Å². The minimum atomic E-state index is -0.436. The van der Waals surface area contributed by atoms with Crippen molar-refractivity contribution >= 4 is 17.4 Å². The molecule has 2 aromatic rings. The second kappa shape index (κ2) is 4.59. The van der Waals surface area contributed by atoms with Crippen LogP contribution in [0.25, 0.3) is 0 Å². The van der Waals surface area contributed by atoms with E-state index in [0.29, 0.717) is 18.7 Å². The van der Waals surface area contributed by atoms with E-state index >= 15 is 0 Å². The summed E-state index contributed by atoms with van der Waals surface area (Å²) in [5, 5.41) is 0. The first-order valence-electron chi connectivity index (χ1n) is 6.51. The van der Waals surface area contributed by atoms with E-state index < -0.39 is 11.7 Å². The molecule has 0 unspecified atom stereocenters. The number of fused-ring (bicyclic) bond motifs is 1. The molecule has 2 heterocycles. The third kappa shape index (κ3) is 1.91. The van der Waals surface area contributed by atoms with Gasteiger partial charge in [-0.3, -0.25) is 9.59 Å². The second-order valence-corrected chi connectivity index (χ2v) is 5.06. The molecule has 1 amide bonds. The number of amides is 1. The van der Waals surface area contributed by atoms with Crippen molar-refractivity contribution in [2.24, 2.45) is 0 Å². The first-order valence-corrected chi connectivity index (χ1v) is 6.51. The summed E-state index contributed by atoms with van der Waals surface area (Å²) in [7, 11) is 0. The van der Waals surface area contributed by atoms with Gasteiger partial charge in [0.2, 0.25) is 0 Å². The molecule has 0 fully saturated rings. The largest absolute Gasteiger partial charge is 0.336 e. The number of hydrogen-bond acceptors (Lipinski definition) is 3. The third-order valence-corrected chi connectivity index (χ3v) is 3.54. The molecule has 5 heteroatoms. The van der Waals surface area contributed by atoms with E-state index in [9.17, 15) is 9.59 Å². The highest BCUT2D eigenvalue weighted by Crippen LogP contribution is 2.33. The summed E-state index contributed by atoms with van der Waals surface area (Å²) in [6.07, 6.45) is 5.23. The fourth-order valence-corrected chi connectivity index (χ4v) is 2.68. The SMILES string of the molecule is Cc1cc(C)c2c(c1)C(=O)C(=O)N2CCn1ccnc1. The standard InChI is InChI=1S/C15H15N3O2/c1-10-7-11(2)13-12(8-10)14(19)15(20)18(13)6-5-17-4-3-16-9-17/h3-4,7-9H,5-6H2,1-2H3. The summed E-state index contributed by atoms with van der Waals surface area (Å²) < 4.78 is 1.89. The molecule has 0 radical (unpaired) electrons. The van der Waals surface area contributed by atoms with Gasteiger partial charge in [-0.05, 0) is 31.0 Å². The van der Waals surface area contributed by atoms with Gasteiger partial charge in [-0.2, -0.15) is 0 Å². The van der Waals surface area contributed by atoms with E-state index in [1.165, 1.54) is 0 Å². The van der Waals surface area contributed by atoms with E-state index in [1.807, 2.05) is 30.7 Å². The lowest BCUT2D eigenvalue weighted by Gasteiger charge is -2.18. The average molecular weight is 269 g/mol. The van der Waals surface area contributed by atoms with E-state index in [4.69, 9.17) is 0 Å². The molecule has 5 nitrogen and oxygen atoms in total. The van der Waals surface area contributed by atoms with Gasteiger partial charge in [0.05, 0.1) is 17.6 Å². The number of carbonyl (C=O) groups excluding carboxylic acids is 2. The van der Waals surface area contributed by atoms with Crippen molar-refractivity contribution in [3.63, 3.8) is 0 Å². The van der Waals surface area contributed by atoms with Crippen LogP contribution in [0.1, 0.15) is 21.5 Å². The van der Waals surface area contributed by atoms with Crippen LogP contribution < -0.4 is 4.90 Å². The Balaban J connectivity index is 1.93. The molecule has 0 saturated carbocycles. The van der Waals surface area contributed by atoms with Gasteiger partial charge >= 0.3 is 0 Å². The van der Waals surface area contributed by atoms with E-state index in [0.717, 1.165) is 16.8 Å². The fourth-order valence-electron chi connectivity index (χ4n) is 2.68. The highest BCUT2D eigenvalue weighted by molar-refractivity contribution is 6.52. The molecule has 20 heavy (non-hydrogen) atoms. The smallest absolute Gasteiger partial charge is 0.299 e. The van der Waals surface area contributed by atoms with Crippen molar-refractivity contribution in [3.8, 4) is 0 Å². The predicted molar refractivity (Wildman–Crippen MR) is 74.8 cm³/mol. The van der Waals surface area contributed by atoms with Crippen LogP contribution in [-0.2, 0) is 11.3 Å². The Morgan fingerprint density at radius 3 is 2.65 bits per heavy atom. The highest BCUT2D eigenvalue weighted by atomic mass is 16.2. The second-order valence-electron chi connectivity index (χ2n) is 5.06. The number of carbonyl (C=O) groups is 2. The first kappa shape index (κ1) is 12.6. The zero-order valence-electron chi connectivity index (χ0n) is 11.5. The molecular formula is C15H15N3O2. The maximum absolute atomic E-state index is 12.1. The van der Waals surface area contributed by atoms with Gasteiger partial charge in [-0.25, -0.2) is 4.98 Å². The van der Waals surface area contributed by atoms with Crippen LogP contribution in [0.2, 0.25) is 0 Å². The maximum Gasteiger partial charge on any atom is 0.299 e. The summed E-state index contributed by atoms with van der Waals surface area (Å²) in [5.41, 5.74) is 3.24. The monoisotopic (exact) mass is 269 g/mol. The summed E-state index contributed by atoms with van der Waals surface area (Å²) in [4.78, 5) is 29.7. The molecule has 1 aliphatic rings. The number of aryl methyl sites for hydroxylation is 2. The highest BCUT2D eigenvalue weighted by Gasteiger charge is 2.36. The van der Waals surface area contributed by atoms with E-state index in [-0.39, 0.29) is 0 Å². The number of ketones is 1. The van der Waals surface area contributed by atoms with Crippen LogP contribution in [0.5, 0.6) is 0 Å². The van der Waals surface area contributed by atoms with Gasteiger partial charge in [-0.1, -0.05) is 6.07 Å². The number of rotatable bonds is 3. The topological polar surface area (TPSA) is 55.2 Å². The minimum Gasteiger partial charge on any atom is -0.336 e. The van der Waals surface area contributed by atoms with E-state index in [1.54, 1.807) is 23.5 Å². The van der Waals surface area contributed by atoms with Gasteiger partial charge in [0, 0.05) is 25.5 Å². The molecule has 3 rings (SSSR count). The Labute approximate surface area is 116 Å². The van der Waals surface area contributed by atoms with Gasteiger partial charge in [0.25, 0.3) is 11.7 Å².